The van der Waals surface area contributed by atoms with Gasteiger partial charge < -0.3 is 10.1 Å². The van der Waals surface area contributed by atoms with Crippen LogP contribution in [-0.2, 0) is 23.9 Å². The van der Waals surface area contributed by atoms with Crippen LogP contribution in [0.4, 0.5) is 5.69 Å². The number of aryl methyl sites for hydroxylation is 1. The van der Waals surface area contributed by atoms with Crippen LogP contribution in [0, 0.1) is 30.6 Å². The van der Waals surface area contributed by atoms with Gasteiger partial charge in [-0.05, 0) is 55.7 Å². The highest BCUT2D eigenvalue weighted by Crippen LogP contribution is 2.56. The summed E-state index contributed by atoms with van der Waals surface area (Å²) in [7, 11) is 0. The van der Waals surface area contributed by atoms with Crippen molar-refractivity contribution in [1.82, 2.24) is 4.90 Å². The summed E-state index contributed by atoms with van der Waals surface area (Å²) in [4.78, 5) is 50.1. The van der Waals surface area contributed by atoms with E-state index in [1.807, 2.05) is 19.1 Å². The van der Waals surface area contributed by atoms with Crippen LogP contribution < -0.4 is 5.32 Å². The number of benzene rings is 1. The van der Waals surface area contributed by atoms with Gasteiger partial charge in [0.2, 0.25) is 11.8 Å². The van der Waals surface area contributed by atoms with Gasteiger partial charge in [-0.15, -0.1) is 0 Å². The molecule has 1 aliphatic heterocycles. The van der Waals surface area contributed by atoms with E-state index in [4.69, 9.17) is 4.74 Å². The molecular weight excluding hydrogens is 348 g/mol. The Balaban J connectivity index is 1.29. The van der Waals surface area contributed by atoms with E-state index in [0.29, 0.717) is 5.69 Å². The number of rotatable bonds is 5. The molecule has 1 heterocycles. The first kappa shape index (κ1) is 17.7. The fourth-order valence-corrected chi connectivity index (χ4v) is 4.87. The summed E-state index contributed by atoms with van der Waals surface area (Å²) in [6, 6.07) is 7.25. The third-order valence-corrected chi connectivity index (χ3v) is 5.97. The molecular formula is C20H22N2O5. The van der Waals surface area contributed by atoms with E-state index in [0.717, 1.165) is 29.7 Å². The van der Waals surface area contributed by atoms with E-state index >= 15 is 0 Å². The van der Waals surface area contributed by atoms with Crippen molar-refractivity contribution in [3.8, 4) is 0 Å². The SMILES string of the molecule is Cc1cccc(NC(=O)COC(=O)CN2C(=O)[C@H]3[C@@H]4CC[C@@H](C4)[C@@H]3C2=O)c1. The smallest absolute Gasteiger partial charge is 0.326 e. The van der Waals surface area contributed by atoms with Crippen molar-refractivity contribution in [3.63, 3.8) is 0 Å². The summed E-state index contributed by atoms with van der Waals surface area (Å²) in [6.45, 7) is 1.03. The van der Waals surface area contributed by atoms with Gasteiger partial charge in [0.25, 0.3) is 5.91 Å². The quantitative estimate of drug-likeness (QED) is 0.626. The molecule has 2 aliphatic carbocycles. The number of ether oxygens (including phenoxy) is 1. The van der Waals surface area contributed by atoms with E-state index in [1.54, 1.807) is 12.1 Å². The maximum atomic E-state index is 12.6. The van der Waals surface area contributed by atoms with Crippen LogP contribution in [0.2, 0.25) is 0 Å². The highest BCUT2D eigenvalue weighted by atomic mass is 16.5. The van der Waals surface area contributed by atoms with Crippen molar-refractivity contribution in [1.29, 1.82) is 0 Å². The molecule has 1 aromatic rings. The second kappa shape index (κ2) is 6.79. The molecule has 2 saturated carbocycles. The number of esters is 1. The lowest BCUT2D eigenvalue weighted by atomic mass is 9.81. The van der Waals surface area contributed by atoms with Gasteiger partial charge in [0, 0.05) is 5.69 Å². The van der Waals surface area contributed by atoms with Gasteiger partial charge in [-0.2, -0.15) is 0 Å². The Bertz CT molecular complexity index is 792. The lowest BCUT2D eigenvalue weighted by Crippen LogP contribution is -2.38. The number of likely N-dealkylation sites (tertiary alicyclic amines) is 1. The number of hydrogen-bond acceptors (Lipinski definition) is 5. The number of nitrogens with one attached hydrogen (secondary N) is 1. The zero-order chi connectivity index (χ0) is 19.1. The normalized spacial score (nSPS) is 28.4. The molecule has 0 unspecified atom stereocenters. The van der Waals surface area contributed by atoms with Crippen LogP contribution in [-0.4, -0.2) is 41.7 Å². The van der Waals surface area contributed by atoms with Crippen molar-refractivity contribution >= 4 is 29.4 Å². The molecule has 1 N–H and O–H groups in total. The van der Waals surface area contributed by atoms with Crippen LogP contribution in [0.5, 0.6) is 0 Å². The first-order valence-electron chi connectivity index (χ1n) is 9.31. The number of fused-ring (bicyclic) bond motifs is 5. The van der Waals surface area contributed by atoms with E-state index in [2.05, 4.69) is 5.32 Å². The summed E-state index contributed by atoms with van der Waals surface area (Å²) in [5.74, 6) is -1.68. The molecule has 3 fully saturated rings. The molecule has 0 radical (unpaired) electrons. The van der Waals surface area contributed by atoms with E-state index in [9.17, 15) is 19.2 Å². The minimum Gasteiger partial charge on any atom is -0.454 e. The van der Waals surface area contributed by atoms with Crippen molar-refractivity contribution < 1.29 is 23.9 Å². The Morgan fingerprint density at radius 2 is 1.81 bits per heavy atom. The van der Waals surface area contributed by atoms with Gasteiger partial charge in [0.1, 0.15) is 6.54 Å². The molecule has 0 aromatic heterocycles. The van der Waals surface area contributed by atoms with Crippen LogP contribution in [0.15, 0.2) is 24.3 Å². The fourth-order valence-electron chi connectivity index (χ4n) is 4.87. The molecule has 142 valence electrons. The number of hydrogen-bond donors (Lipinski definition) is 1. The molecule has 27 heavy (non-hydrogen) atoms. The molecule has 4 rings (SSSR count). The fraction of sp³-hybridized carbons (Fsp3) is 0.500. The summed E-state index contributed by atoms with van der Waals surface area (Å²) in [5.41, 5.74) is 1.61. The predicted molar refractivity (Wildman–Crippen MR) is 95.3 cm³/mol. The Labute approximate surface area is 157 Å². The van der Waals surface area contributed by atoms with Gasteiger partial charge in [-0.3, -0.25) is 24.1 Å². The lowest BCUT2D eigenvalue weighted by molar-refractivity contribution is -0.154. The van der Waals surface area contributed by atoms with Gasteiger partial charge in [0.15, 0.2) is 6.61 Å². The first-order valence-corrected chi connectivity index (χ1v) is 9.31. The van der Waals surface area contributed by atoms with E-state index in [-0.39, 0.29) is 35.5 Å². The number of carbonyl (C=O) groups excluding carboxylic acids is 4. The van der Waals surface area contributed by atoms with Crippen LogP contribution >= 0.6 is 0 Å². The van der Waals surface area contributed by atoms with Crippen molar-refractivity contribution in [2.75, 3.05) is 18.5 Å². The third-order valence-electron chi connectivity index (χ3n) is 5.97. The highest BCUT2D eigenvalue weighted by Gasteiger charge is 2.61. The number of imide groups is 1. The van der Waals surface area contributed by atoms with Gasteiger partial charge >= 0.3 is 5.97 Å². The van der Waals surface area contributed by atoms with E-state index in [1.165, 1.54) is 0 Å². The Kier molecular flexibility index (Phi) is 4.45. The number of anilines is 1. The largest absolute Gasteiger partial charge is 0.454 e. The van der Waals surface area contributed by atoms with Gasteiger partial charge in [0.05, 0.1) is 11.8 Å². The van der Waals surface area contributed by atoms with E-state index < -0.39 is 25.0 Å². The third kappa shape index (κ3) is 3.22. The van der Waals surface area contributed by atoms with Crippen LogP contribution in [0.3, 0.4) is 0 Å². The summed E-state index contributed by atoms with van der Waals surface area (Å²) in [6.07, 6.45) is 2.93. The molecule has 1 saturated heterocycles. The van der Waals surface area contributed by atoms with Crippen molar-refractivity contribution in [2.24, 2.45) is 23.7 Å². The second-order valence-corrected chi connectivity index (χ2v) is 7.73. The van der Waals surface area contributed by atoms with Gasteiger partial charge in [-0.1, -0.05) is 12.1 Å². The maximum absolute atomic E-state index is 12.6. The highest BCUT2D eigenvalue weighted by molar-refractivity contribution is 6.07. The minimum absolute atomic E-state index is 0.252. The summed E-state index contributed by atoms with van der Waals surface area (Å²) in [5, 5.41) is 2.64. The zero-order valence-corrected chi connectivity index (χ0v) is 15.1. The Hall–Kier alpha value is -2.70. The molecule has 3 aliphatic rings. The minimum atomic E-state index is -0.747. The monoisotopic (exact) mass is 370 g/mol. The molecule has 7 heteroatoms. The zero-order valence-electron chi connectivity index (χ0n) is 15.1. The maximum Gasteiger partial charge on any atom is 0.326 e. The standard InChI is InChI=1S/C20H22N2O5/c1-11-3-2-4-14(7-11)21-15(23)10-27-16(24)9-22-19(25)17-12-5-6-13(8-12)18(17)20(22)26/h2-4,7,12-13,17-18H,5-6,8-10H2,1H3,(H,21,23)/t12-,13+,17-,18-/m0/s1. The predicted octanol–water partition coefficient (Wildman–Crippen LogP) is 1.51. The molecule has 4 atom stereocenters. The number of amides is 3. The second-order valence-electron chi connectivity index (χ2n) is 7.73. The molecule has 3 amide bonds. The van der Waals surface area contributed by atoms with Crippen molar-refractivity contribution in [3.05, 3.63) is 29.8 Å². The molecule has 1 aromatic carbocycles. The van der Waals surface area contributed by atoms with Crippen molar-refractivity contribution in [2.45, 2.75) is 26.2 Å². The number of nitrogens with zero attached hydrogens (tertiary/aromatic N) is 1. The van der Waals surface area contributed by atoms with Crippen LogP contribution in [0.1, 0.15) is 24.8 Å². The van der Waals surface area contributed by atoms with Crippen LogP contribution in [0.25, 0.3) is 0 Å². The topological polar surface area (TPSA) is 92.8 Å². The molecule has 0 spiro atoms. The molecule has 7 nitrogen and oxygen atoms in total. The van der Waals surface area contributed by atoms with Gasteiger partial charge in [-0.25, -0.2) is 0 Å². The lowest BCUT2D eigenvalue weighted by Gasteiger charge is -2.19. The average molecular weight is 370 g/mol. The first-order chi connectivity index (χ1) is 12.9. The number of carbonyl (C=O) groups is 4. The Morgan fingerprint density at radius 3 is 2.44 bits per heavy atom. The molecule has 2 bridgehead atoms. The summed E-state index contributed by atoms with van der Waals surface area (Å²) < 4.78 is 4.96. The average Bonchev–Trinajstić information content (AvgIpc) is 3.30. The summed E-state index contributed by atoms with van der Waals surface area (Å²) >= 11 is 0. The Morgan fingerprint density at radius 1 is 1.15 bits per heavy atom.